The van der Waals surface area contributed by atoms with Gasteiger partial charge in [-0.25, -0.2) is 13.2 Å². The van der Waals surface area contributed by atoms with Crippen molar-refractivity contribution in [3.8, 4) is 11.1 Å². The molecule has 0 aliphatic rings. The fourth-order valence-electron chi connectivity index (χ4n) is 1.59. The molecule has 2 rings (SSSR count). The third-order valence-corrected chi connectivity index (χ3v) is 2.82. The van der Waals surface area contributed by atoms with Gasteiger partial charge in [0, 0.05) is 11.3 Å². The molecule has 0 N–H and O–H groups in total. The normalized spacial score (nSPS) is 10.6. The van der Waals surface area contributed by atoms with Crippen LogP contribution in [-0.2, 0) is 5.75 Å². The summed E-state index contributed by atoms with van der Waals surface area (Å²) in [6, 6.07) is 9.04. The quantitative estimate of drug-likeness (QED) is 0.602. The highest BCUT2D eigenvalue weighted by Gasteiger charge is 2.14. The van der Waals surface area contributed by atoms with E-state index in [1.807, 2.05) is 6.07 Å². The fourth-order valence-corrected chi connectivity index (χ4v) is 1.78. The maximum atomic E-state index is 13.5. The van der Waals surface area contributed by atoms with Gasteiger partial charge in [0.2, 0.25) is 0 Å². The van der Waals surface area contributed by atoms with Crippen molar-refractivity contribution in [3.05, 3.63) is 59.4 Å². The Morgan fingerprint density at radius 2 is 1.71 bits per heavy atom. The molecule has 0 fully saturated rings. The van der Waals surface area contributed by atoms with Gasteiger partial charge < -0.3 is 0 Å². The van der Waals surface area contributed by atoms with E-state index >= 15 is 0 Å². The van der Waals surface area contributed by atoms with Crippen molar-refractivity contribution in [3.63, 3.8) is 0 Å². The summed E-state index contributed by atoms with van der Waals surface area (Å²) in [5.41, 5.74) is 1.44. The van der Waals surface area contributed by atoms with E-state index in [9.17, 15) is 13.2 Å². The van der Waals surface area contributed by atoms with E-state index in [1.54, 1.807) is 18.2 Å². The van der Waals surface area contributed by atoms with Crippen LogP contribution in [0.3, 0.4) is 0 Å². The monoisotopic (exact) mass is 254 g/mol. The van der Waals surface area contributed by atoms with Crippen molar-refractivity contribution >= 4 is 12.6 Å². The van der Waals surface area contributed by atoms with Gasteiger partial charge in [0.25, 0.3) is 0 Å². The number of hydrogen-bond acceptors (Lipinski definition) is 1. The zero-order valence-corrected chi connectivity index (χ0v) is 9.65. The van der Waals surface area contributed by atoms with Crippen LogP contribution in [0, 0.1) is 17.5 Å². The lowest BCUT2D eigenvalue weighted by molar-refractivity contribution is 0.449. The van der Waals surface area contributed by atoms with Crippen LogP contribution >= 0.6 is 12.6 Å². The molecule has 0 saturated heterocycles. The minimum absolute atomic E-state index is 0.0486. The average molecular weight is 254 g/mol. The maximum Gasteiger partial charge on any atom is 0.195 e. The van der Waals surface area contributed by atoms with Crippen molar-refractivity contribution in [2.45, 2.75) is 5.75 Å². The molecule has 4 heteroatoms. The van der Waals surface area contributed by atoms with Crippen LogP contribution < -0.4 is 0 Å². The number of hydrogen-bond donors (Lipinski definition) is 1. The minimum atomic E-state index is -1.45. The first-order chi connectivity index (χ1) is 8.13. The molecule has 0 bridgehead atoms. The zero-order valence-electron chi connectivity index (χ0n) is 8.75. The largest absolute Gasteiger partial charge is 0.204 e. The minimum Gasteiger partial charge on any atom is -0.204 e. The van der Waals surface area contributed by atoms with E-state index in [-0.39, 0.29) is 5.56 Å². The topological polar surface area (TPSA) is 0 Å². The molecular formula is C13H9F3S. The van der Waals surface area contributed by atoms with Gasteiger partial charge in [-0.2, -0.15) is 12.6 Å². The van der Waals surface area contributed by atoms with Gasteiger partial charge in [-0.05, 0) is 23.3 Å². The molecule has 0 saturated carbocycles. The molecule has 0 amide bonds. The van der Waals surface area contributed by atoms with Crippen LogP contribution in [0.4, 0.5) is 13.2 Å². The second-order valence-corrected chi connectivity index (χ2v) is 3.90. The predicted molar refractivity (Wildman–Crippen MR) is 64.4 cm³/mol. The summed E-state index contributed by atoms with van der Waals surface area (Å²) < 4.78 is 39.4. The SMILES string of the molecule is Fc1ccc(-c2cccc(CS)c2)c(F)c1F. The Labute approximate surface area is 103 Å². The summed E-state index contributed by atoms with van der Waals surface area (Å²) in [6.45, 7) is 0. The molecule has 88 valence electrons. The van der Waals surface area contributed by atoms with Crippen molar-refractivity contribution in [1.82, 2.24) is 0 Å². The van der Waals surface area contributed by atoms with Gasteiger partial charge in [0.15, 0.2) is 17.5 Å². The maximum absolute atomic E-state index is 13.5. The Balaban J connectivity index is 2.56. The molecule has 0 aliphatic heterocycles. The molecule has 0 nitrogen and oxygen atoms in total. The standard InChI is InChI=1S/C13H9F3S/c14-11-5-4-10(12(15)13(11)16)9-3-1-2-8(6-9)7-17/h1-6,17H,7H2. The van der Waals surface area contributed by atoms with E-state index in [2.05, 4.69) is 12.6 Å². The van der Waals surface area contributed by atoms with Crippen LogP contribution in [0.25, 0.3) is 11.1 Å². The number of benzene rings is 2. The summed E-state index contributed by atoms with van der Waals surface area (Å²) in [5, 5.41) is 0. The second-order valence-electron chi connectivity index (χ2n) is 3.58. The first-order valence-electron chi connectivity index (χ1n) is 4.97. The molecule has 2 aromatic rings. The van der Waals surface area contributed by atoms with Gasteiger partial charge in [-0.3, -0.25) is 0 Å². The Kier molecular flexibility index (Phi) is 3.43. The molecule has 0 radical (unpaired) electrons. The van der Waals surface area contributed by atoms with Crippen molar-refractivity contribution in [2.75, 3.05) is 0 Å². The molecule has 2 aromatic carbocycles. The lowest BCUT2D eigenvalue weighted by Gasteiger charge is -2.06. The first kappa shape index (κ1) is 12.0. The average Bonchev–Trinajstić information content (AvgIpc) is 2.36. The van der Waals surface area contributed by atoms with E-state index in [4.69, 9.17) is 0 Å². The molecule has 0 heterocycles. The van der Waals surface area contributed by atoms with Gasteiger partial charge in [0.1, 0.15) is 0 Å². The van der Waals surface area contributed by atoms with Gasteiger partial charge >= 0.3 is 0 Å². The number of rotatable bonds is 2. The smallest absolute Gasteiger partial charge is 0.195 e. The van der Waals surface area contributed by atoms with Gasteiger partial charge in [-0.15, -0.1) is 0 Å². The molecule has 0 atom stereocenters. The third kappa shape index (κ3) is 2.31. The van der Waals surface area contributed by atoms with Crippen molar-refractivity contribution in [1.29, 1.82) is 0 Å². The first-order valence-corrected chi connectivity index (χ1v) is 5.60. The Morgan fingerprint density at radius 1 is 0.941 bits per heavy atom. The van der Waals surface area contributed by atoms with Gasteiger partial charge in [0.05, 0.1) is 0 Å². The Bertz CT molecular complexity index is 552. The molecule has 17 heavy (non-hydrogen) atoms. The third-order valence-electron chi connectivity index (χ3n) is 2.46. The van der Waals surface area contributed by atoms with Crippen LogP contribution in [0.2, 0.25) is 0 Å². The number of halogens is 3. The van der Waals surface area contributed by atoms with Crippen LogP contribution in [0.5, 0.6) is 0 Å². The zero-order chi connectivity index (χ0) is 12.4. The highest BCUT2D eigenvalue weighted by Crippen LogP contribution is 2.26. The Morgan fingerprint density at radius 3 is 2.41 bits per heavy atom. The predicted octanol–water partition coefficient (Wildman–Crippen LogP) is 4.20. The van der Waals surface area contributed by atoms with Crippen molar-refractivity contribution < 1.29 is 13.2 Å². The fraction of sp³-hybridized carbons (Fsp3) is 0.0769. The number of thiol groups is 1. The summed E-state index contributed by atoms with van der Waals surface area (Å²) in [7, 11) is 0. The van der Waals surface area contributed by atoms with E-state index < -0.39 is 17.5 Å². The highest BCUT2D eigenvalue weighted by atomic mass is 32.1. The lowest BCUT2D eigenvalue weighted by atomic mass is 10.0. The van der Waals surface area contributed by atoms with Crippen LogP contribution in [0.1, 0.15) is 5.56 Å². The molecule has 0 aromatic heterocycles. The summed E-state index contributed by atoms with van der Waals surface area (Å²) in [6.07, 6.45) is 0. The molecular weight excluding hydrogens is 245 g/mol. The lowest BCUT2D eigenvalue weighted by Crippen LogP contribution is -1.94. The molecule has 0 aliphatic carbocycles. The summed E-state index contributed by atoms with van der Waals surface area (Å²) in [5.74, 6) is -3.30. The summed E-state index contributed by atoms with van der Waals surface area (Å²) in [4.78, 5) is 0. The Hall–Kier alpha value is -1.42. The van der Waals surface area contributed by atoms with E-state index in [0.717, 1.165) is 11.6 Å². The van der Waals surface area contributed by atoms with E-state index in [0.29, 0.717) is 11.3 Å². The van der Waals surface area contributed by atoms with Crippen LogP contribution in [0.15, 0.2) is 36.4 Å². The molecule has 0 unspecified atom stereocenters. The van der Waals surface area contributed by atoms with Crippen molar-refractivity contribution in [2.24, 2.45) is 0 Å². The van der Waals surface area contributed by atoms with Gasteiger partial charge in [-0.1, -0.05) is 24.3 Å². The van der Waals surface area contributed by atoms with Crippen LogP contribution in [-0.4, -0.2) is 0 Å². The highest BCUT2D eigenvalue weighted by molar-refractivity contribution is 7.79. The second kappa shape index (κ2) is 4.84. The summed E-state index contributed by atoms with van der Waals surface area (Å²) >= 11 is 4.10. The van der Waals surface area contributed by atoms with E-state index in [1.165, 1.54) is 6.07 Å². The molecule has 0 spiro atoms.